The quantitative estimate of drug-likeness (QED) is 0.791. The van der Waals surface area contributed by atoms with Crippen molar-refractivity contribution >= 4 is 22.4 Å². The van der Waals surface area contributed by atoms with E-state index < -0.39 is 0 Å². The minimum Gasteiger partial charge on any atom is -0.494 e. The number of ether oxygens (including phenoxy) is 1. The monoisotopic (exact) mass is 302 g/mol. The van der Waals surface area contributed by atoms with E-state index in [1.54, 1.807) is 0 Å². The molecule has 21 heavy (non-hydrogen) atoms. The van der Waals surface area contributed by atoms with Gasteiger partial charge in [-0.1, -0.05) is 18.2 Å². The lowest BCUT2D eigenvalue weighted by atomic mass is 10.3. The highest BCUT2D eigenvalue weighted by Crippen LogP contribution is 2.40. The van der Waals surface area contributed by atoms with Gasteiger partial charge >= 0.3 is 0 Å². The van der Waals surface area contributed by atoms with E-state index in [1.165, 1.54) is 24.2 Å². The lowest BCUT2D eigenvalue weighted by Gasteiger charge is -2.05. The Hall–Kier alpha value is -1.88. The Labute approximate surface area is 128 Å². The molecule has 1 fully saturated rings. The molecule has 1 aliphatic carbocycles. The van der Waals surface area contributed by atoms with Crippen molar-refractivity contribution in [1.82, 2.24) is 4.98 Å². The number of anilines is 1. The summed E-state index contributed by atoms with van der Waals surface area (Å²) < 4.78 is 5.56. The van der Waals surface area contributed by atoms with Crippen molar-refractivity contribution in [3.63, 3.8) is 0 Å². The van der Waals surface area contributed by atoms with Crippen LogP contribution < -0.4 is 10.1 Å². The fourth-order valence-electron chi connectivity index (χ4n) is 2.03. The average molecular weight is 302 g/mol. The van der Waals surface area contributed by atoms with Crippen molar-refractivity contribution in [2.45, 2.75) is 31.6 Å². The number of aromatic nitrogens is 1. The van der Waals surface area contributed by atoms with Gasteiger partial charge in [0.15, 0.2) is 5.13 Å². The Morgan fingerprint density at radius 3 is 2.90 bits per heavy atom. The molecule has 1 aromatic carbocycles. The normalized spacial score (nSPS) is 13.9. The minimum absolute atomic E-state index is 0.00311. The number of nitrogens with one attached hydrogen (secondary N) is 1. The molecular weight excluding hydrogens is 284 g/mol. The molecule has 1 aromatic heterocycles. The largest absolute Gasteiger partial charge is 0.494 e. The highest BCUT2D eigenvalue weighted by Gasteiger charge is 2.26. The van der Waals surface area contributed by atoms with Crippen LogP contribution in [0.1, 0.15) is 37.3 Å². The molecule has 0 radical (unpaired) electrons. The first kappa shape index (κ1) is 14.1. The molecule has 1 heterocycles. The van der Waals surface area contributed by atoms with Crippen molar-refractivity contribution in [3.8, 4) is 5.75 Å². The number of hydrogen-bond donors (Lipinski definition) is 1. The molecule has 2 aromatic rings. The molecule has 3 rings (SSSR count). The Kier molecular flexibility index (Phi) is 4.50. The van der Waals surface area contributed by atoms with Gasteiger partial charge in [0.1, 0.15) is 5.75 Å². The molecule has 0 atom stereocenters. The van der Waals surface area contributed by atoms with Gasteiger partial charge in [-0.3, -0.25) is 4.79 Å². The maximum absolute atomic E-state index is 11.8. The summed E-state index contributed by atoms with van der Waals surface area (Å²) in [5.41, 5.74) is 1.13. The summed E-state index contributed by atoms with van der Waals surface area (Å²) in [6.45, 7) is 0.544. The lowest BCUT2D eigenvalue weighted by Crippen LogP contribution is -2.12. The second-order valence-corrected chi connectivity index (χ2v) is 6.02. The smallest absolute Gasteiger partial charge is 0.226 e. The zero-order chi connectivity index (χ0) is 14.5. The van der Waals surface area contributed by atoms with Crippen LogP contribution in [0.15, 0.2) is 35.7 Å². The average Bonchev–Trinajstić information content (AvgIpc) is 3.25. The molecule has 0 aliphatic heterocycles. The predicted octanol–water partition coefficient (Wildman–Crippen LogP) is 3.82. The molecule has 1 amide bonds. The Morgan fingerprint density at radius 2 is 2.14 bits per heavy atom. The Bertz CT molecular complexity index is 593. The molecule has 0 saturated heterocycles. The second-order valence-electron chi connectivity index (χ2n) is 5.17. The number of carbonyl (C=O) groups excluding carboxylic acids is 1. The molecule has 4 nitrogen and oxygen atoms in total. The summed E-state index contributed by atoms with van der Waals surface area (Å²) in [6.07, 6.45) is 3.61. The summed E-state index contributed by atoms with van der Waals surface area (Å²) in [5.74, 6) is 1.47. The summed E-state index contributed by atoms with van der Waals surface area (Å²) in [5, 5.41) is 5.62. The molecule has 0 spiro atoms. The van der Waals surface area contributed by atoms with E-state index in [0.29, 0.717) is 30.5 Å². The number of rotatable bonds is 7. The predicted molar refractivity (Wildman–Crippen MR) is 83.9 cm³/mol. The zero-order valence-corrected chi connectivity index (χ0v) is 12.6. The number of thiazole rings is 1. The number of amides is 1. The first-order valence-corrected chi connectivity index (χ1v) is 8.12. The molecule has 0 unspecified atom stereocenters. The van der Waals surface area contributed by atoms with Gasteiger partial charge in [0, 0.05) is 17.7 Å². The Morgan fingerprint density at radius 1 is 1.33 bits per heavy atom. The SMILES string of the molecule is O=C(CCCOc1ccccc1)Nc1nc(C2CC2)cs1. The fourth-order valence-corrected chi connectivity index (χ4v) is 2.84. The third-order valence-corrected chi connectivity index (χ3v) is 4.10. The van der Waals surface area contributed by atoms with E-state index >= 15 is 0 Å². The second kappa shape index (κ2) is 6.72. The van der Waals surface area contributed by atoms with E-state index in [4.69, 9.17) is 4.74 Å². The fraction of sp³-hybridized carbons (Fsp3) is 0.375. The van der Waals surface area contributed by atoms with Crippen LogP contribution in [0.4, 0.5) is 5.13 Å². The standard InChI is InChI=1S/C16H18N2O2S/c19-15(7-4-10-20-13-5-2-1-3-6-13)18-16-17-14(11-21-16)12-8-9-12/h1-3,5-6,11-12H,4,7-10H2,(H,17,18,19). The van der Waals surface area contributed by atoms with Crippen LogP contribution in [0.25, 0.3) is 0 Å². The summed E-state index contributed by atoms with van der Waals surface area (Å²) >= 11 is 1.51. The highest BCUT2D eigenvalue weighted by atomic mass is 32.1. The summed E-state index contributed by atoms with van der Waals surface area (Å²) in [4.78, 5) is 16.3. The topological polar surface area (TPSA) is 51.2 Å². The molecule has 5 heteroatoms. The number of benzene rings is 1. The van der Waals surface area contributed by atoms with E-state index in [2.05, 4.69) is 10.3 Å². The molecule has 110 valence electrons. The van der Waals surface area contributed by atoms with Gasteiger partial charge in [-0.2, -0.15) is 0 Å². The van der Waals surface area contributed by atoms with Crippen LogP contribution in [0, 0.1) is 0 Å². The van der Waals surface area contributed by atoms with Crippen LogP contribution in [0.5, 0.6) is 5.75 Å². The molecule has 1 N–H and O–H groups in total. The van der Waals surface area contributed by atoms with Crippen LogP contribution in [-0.4, -0.2) is 17.5 Å². The van der Waals surface area contributed by atoms with Gasteiger partial charge in [-0.15, -0.1) is 11.3 Å². The van der Waals surface area contributed by atoms with Gasteiger partial charge < -0.3 is 10.1 Å². The van der Waals surface area contributed by atoms with Crippen LogP contribution in [0.2, 0.25) is 0 Å². The van der Waals surface area contributed by atoms with Crippen molar-refractivity contribution in [2.75, 3.05) is 11.9 Å². The number of carbonyl (C=O) groups is 1. The van der Waals surface area contributed by atoms with Gasteiger partial charge in [0.05, 0.1) is 12.3 Å². The molecular formula is C16H18N2O2S. The van der Waals surface area contributed by atoms with E-state index in [-0.39, 0.29) is 5.91 Å². The minimum atomic E-state index is 0.00311. The highest BCUT2D eigenvalue weighted by molar-refractivity contribution is 7.13. The van der Waals surface area contributed by atoms with Crippen molar-refractivity contribution in [3.05, 3.63) is 41.4 Å². The first-order valence-electron chi connectivity index (χ1n) is 7.24. The third-order valence-electron chi connectivity index (χ3n) is 3.32. The Balaban J connectivity index is 1.36. The molecule has 0 bridgehead atoms. The zero-order valence-electron chi connectivity index (χ0n) is 11.7. The van der Waals surface area contributed by atoms with E-state index in [0.717, 1.165) is 11.4 Å². The van der Waals surface area contributed by atoms with Crippen molar-refractivity contribution in [1.29, 1.82) is 0 Å². The van der Waals surface area contributed by atoms with Gasteiger partial charge in [0.25, 0.3) is 0 Å². The maximum atomic E-state index is 11.8. The van der Waals surface area contributed by atoms with Crippen LogP contribution in [0.3, 0.4) is 0 Å². The van der Waals surface area contributed by atoms with Gasteiger partial charge in [-0.05, 0) is 31.4 Å². The van der Waals surface area contributed by atoms with E-state index in [9.17, 15) is 4.79 Å². The number of hydrogen-bond acceptors (Lipinski definition) is 4. The molecule has 1 saturated carbocycles. The van der Waals surface area contributed by atoms with E-state index in [1.807, 2.05) is 35.7 Å². The van der Waals surface area contributed by atoms with Gasteiger partial charge in [-0.25, -0.2) is 4.98 Å². The maximum Gasteiger partial charge on any atom is 0.226 e. The van der Waals surface area contributed by atoms with Crippen molar-refractivity contribution in [2.24, 2.45) is 0 Å². The summed E-state index contributed by atoms with van der Waals surface area (Å²) in [7, 11) is 0. The lowest BCUT2D eigenvalue weighted by molar-refractivity contribution is -0.116. The molecule has 1 aliphatic rings. The van der Waals surface area contributed by atoms with Gasteiger partial charge in [0.2, 0.25) is 5.91 Å². The van der Waals surface area contributed by atoms with Crippen molar-refractivity contribution < 1.29 is 9.53 Å². The number of nitrogens with zero attached hydrogens (tertiary/aromatic N) is 1. The third kappa shape index (κ3) is 4.29. The van der Waals surface area contributed by atoms with Crippen LogP contribution in [-0.2, 0) is 4.79 Å². The summed E-state index contributed by atoms with van der Waals surface area (Å²) in [6, 6.07) is 9.64. The first-order chi connectivity index (χ1) is 10.3. The number of para-hydroxylation sites is 1. The van der Waals surface area contributed by atoms with Crippen LogP contribution >= 0.6 is 11.3 Å².